The average Bonchev–Trinajstić information content (AvgIpc) is 2.79. The minimum absolute atomic E-state index is 0.00192. The highest BCUT2D eigenvalue weighted by Gasteiger charge is 2.74. The van der Waals surface area contributed by atoms with Gasteiger partial charge in [-0.2, -0.15) is 0 Å². The van der Waals surface area contributed by atoms with Gasteiger partial charge in [0.2, 0.25) is 0 Å². The number of aliphatic hydroxyl groups is 2. The second kappa shape index (κ2) is 5.55. The molecule has 0 unspecified atom stereocenters. The Labute approximate surface area is 167 Å². The zero-order chi connectivity index (χ0) is 20.0. The summed E-state index contributed by atoms with van der Waals surface area (Å²) in [5, 5.41) is 32.4. The van der Waals surface area contributed by atoms with E-state index >= 15 is 0 Å². The molecule has 27 heavy (non-hydrogen) atoms. The van der Waals surface area contributed by atoms with Crippen LogP contribution in [-0.2, 0) is 9.59 Å². The fourth-order valence-corrected chi connectivity index (χ4v) is 8.10. The lowest BCUT2D eigenvalue weighted by molar-refractivity contribution is -0.193. The minimum Gasteiger partial charge on any atom is -0.479 e. The number of carbonyl (C=O) groups is 2. The zero-order valence-electron chi connectivity index (χ0n) is 15.9. The third kappa shape index (κ3) is 2.02. The zero-order valence-corrected chi connectivity index (χ0v) is 17.5. The molecule has 4 aliphatic rings. The molecule has 3 fully saturated rings. The Morgan fingerprint density at radius 3 is 2.59 bits per heavy atom. The van der Waals surface area contributed by atoms with Crippen LogP contribution in [0.2, 0.25) is 0 Å². The summed E-state index contributed by atoms with van der Waals surface area (Å²) in [6.45, 7) is 5.68. The van der Waals surface area contributed by atoms with Gasteiger partial charge in [-0.3, -0.25) is 4.79 Å². The number of aliphatic hydroxyl groups excluding tert-OH is 1. The molecule has 3 N–H and O–H groups in total. The predicted molar refractivity (Wildman–Crippen MR) is 103 cm³/mol. The molecule has 0 radical (unpaired) electrons. The van der Waals surface area contributed by atoms with E-state index in [9.17, 15) is 24.9 Å². The first-order valence-corrected chi connectivity index (χ1v) is 10.5. The fraction of sp³-hybridized carbons (Fsp3) is 0.714. The number of carbonyl (C=O) groups excluding carboxylic acids is 1. The average molecular weight is 439 g/mol. The van der Waals surface area contributed by atoms with Gasteiger partial charge in [-0.05, 0) is 55.6 Å². The van der Waals surface area contributed by atoms with E-state index in [-0.39, 0.29) is 30.0 Å². The number of fused-ring (bicyclic) bond motifs is 5. The third-order valence-electron chi connectivity index (χ3n) is 8.55. The molecule has 0 aliphatic heterocycles. The molecule has 0 aromatic carbocycles. The number of carboxylic acids is 1. The van der Waals surface area contributed by atoms with Crippen molar-refractivity contribution in [3.05, 3.63) is 23.8 Å². The summed E-state index contributed by atoms with van der Waals surface area (Å²) < 4.78 is -0.686. The number of hydrogen-bond donors (Lipinski definition) is 3. The van der Waals surface area contributed by atoms with Crippen LogP contribution in [0, 0.1) is 28.6 Å². The minimum atomic E-state index is -1.84. The summed E-state index contributed by atoms with van der Waals surface area (Å²) in [4.78, 5) is 24.0. The molecule has 3 saturated carbocycles. The summed E-state index contributed by atoms with van der Waals surface area (Å²) in [6.07, 6.45) is 6.63. The maximum absolute atomic E-state index is 12.1. The first-order chi connectivity index (χ1) is 12.4. The topological polar surface area (TPSA) is 94.8 Å². The van der Waals surface area contributed by atoms with Gasteiger partial charge in [0, 0.05) is 10.8 Å². The smallest absolute Gasteiger partial charge is 0.336 e. The van der Waals surface area contributed by atoms with E-state index in [4.69, 9.17) is 0 Å². The van der Waals surface area contributed by atoms with Crippen LogP contribution in [0.4, 0.5) is 0 Å². The van der Waals surface area contributed by atoms with Gasteiger partial charge in [-0.15, -0.1) is 0 Å². The number of halogens is 1. The van der Waals surface area contributed by atoms with Crippen LogP contribution in [0.3, 0.4) is 0 Å². The number of allylic oxidation sites excluding steroid dienone is 4. The van der Waals surface area contributed by atoms with Crippen LogP contribution in [0.1, 0.15) is 46.5 Å². The van der Waals surface area contributed by atoms with Crippen LogP contribution < -0.4 is 0 Å². The van der Waals surface area contributed by atoms with Crippen molar-refractivity contribution in [3.63, 3.8) is 0 Å². The Morgan fingerprint density at radius 1 is 1.30 bits per heavy atom. The number of ketones is 1. The molecular formula is C21H27BrO5. The number of rotatable bonds is 1. The maximum atomic E-state index is 12.1. The van der Waals surface area contributed by atoms with Crippen molar-refractivity contribution < 1.29 is 24.9 Å². The number of alkyl halides is 1. The monoisotopic (exact) mass is 438 g/mol. The SMILES string of the molecule is C[C@@H]1C[C@H]2[C@@H]3CCC4=CC(=O)C=C[C@]4(C)[C@@]3(Br)[C@@H](O)C[C@]2(C)[C@@]1(O)C(=O)O. The molecule has 0 amide bonds. The van der Waals surface area contributed by atoms with Gasteiger partial charge in [-0.1, -0.05) is 48.4 Å². The molecule has 0 aromatic heterocycles. The van der Waals surface area contributed by atoms with Crippen molar-refractivity contribution in [2.75, 3.05) is 0 Å². The molecule has 0 aromatic rings. The molecule has 4 rings (SSSR count). The Balaban J connectivity index is 1.85. The molecule has 0 heterocycles. The summed E-state index contributed by atoms with van der Waals surface area (Å²) in [5.41, 5.74) is -2.24. The molecule has 4 aliphatic carbocycles. The third-order valence-corrected chi connectivity index (χ3v) is 10.5. The first kappa shape index (κ1) is 19.3. The van der Waals surface area contributed by atoms with Crippen molar-refractivity contribution >= 4 is 27.7 Å². The highest BCUT2D eigenvalue weighted by molar-refractivity contribution is 9.10. The summed E-state index contributed by atoms with van der Waals surface area (Å²) >= 11 is 3.93. The molecule has 0 bridgehead atoms. The Kier molecular flexibility index (Phi) is 3.97. The Morgan fingerprint density at radius 2 is 1.96 bits per heavy atom. The molecule has 0 spiro atoms. The maximum Gasteiger partial charge on any atom is 0.336 e. The van der Waals surface area contributed by atoms with E-state index < -0.39 is 32.8 Å². The molecule has 8 atom stereocenters. The molecular weight excluding hydrogens is 412 g/mol. The van der Waals surface area contributed by atoms with Gasteiger partial charge in [0.1, 0.15) is 0 Å². The van der Waals surface area contributed by atoms with Crippen LogP contribution in [0.25, 0.3) is 0 Å². The normalized spacial score (nSPS) is 54.0. The van der Waals surface area contributed by atoms with E-state index in [0.29, 0.717) is 6.42 Å². The molecule has 0 saturated heterocycles. The molecule has 5 nitrogen and oxygen atoms in total. The second-order valence-corrected chi connectivity index (χ2v) is 10.8. The van der Waals surface area contributed by atoms with E-state index in [1.54, 1.807) is 19.1 Å². The summed E-state index contributed by atoms with van der Waals surface area (Å²) in [5.74, 6) is -1.63. The Bertz CT molecular complexity index is 789. The van der Waals surface area contributed by atoms with Crippen LogP contribution >= 0.6 is 15.9 Å². The van der Waals surface area contributed by atoms with E-state index in [1.165, 1.54) is 0 Å². The highest BCUT2D eigenvalue weighted by Crippen LogP contribution is 2.71. The highest BCUT2D eigenvalue weighted by atomic mass is 79.9. The van der Waals surface area contributed by atoms with Crippen molar-refractivity contribution in [3.8, 4) is 0 Å². The first-order valence-electron chi connectivity index (χ1n) is 9.70. The Hall–Kier alpha value is -0.980. The van der Waals surface area contributed by atoms with Crippen molar-refractivity contribution in [1.82, 2.24) is 0 Å². The lowest BCUT2D eigenvalue weighted by atomic mass is 9.46. The van der Waals surface area contributed by atoms with Crippen molar-refractivity contribution in [2.24, 2.45) is 28.6 Å². The van der Waals surface area contributed by atoms with Crippen LogP contribution in [0.15, 0.2) is 23.8 Å². The lowest BCUT2D eigenvalue weighted by Crippen LogP contribution is -2.68. The van der Waals surface area contributed by atoms with Gasteiger partial charge < -0.3 is 15.3 Å². The molecule has 6 heteroatoms. The molecule has 148 valence electrons. The standard InChI is InChI=1S/C21H27BrO5/c1-11-8-15-14-5-4-12-9-13(23)6-7-18(12,2)20(14,22)16(24)10-19(15,3)21(11,27)17(25)26/h6-7,9,11,14-16,24,27H,4-5,8,10H2,1-3H3,(H,25,26)/t11-,14+,15+,16+,18+,19+,20+,21+/m1/s1. The van der Waals surface area contributed by atoms with Gasteiger partial charge in [0.25, 0.3) is 0 Å². The van der Waals surface area contributed by atoms with Crippen LogP contribution in [-0.4, -0.2) is 43.1 Å². The quantitative estimate of drug-likeness (QED) is 0.547. The summed E-state index contributed by atoms with van der Waals surface area (Å²) in [7, 11) is 0. The van der Waals surface area contributed by atoms with Crippen LogP contribution in [0.5, 0.6) is 0 Å². The van der Waals surface area contributed by atoms with E-state index in [1.807, 2.05) is 13.0 Å². The number of carboxylic acid groups (broad SMARTS) is 1. The largest absolute Gasteiger partial charge is 0.479 e. The van der Waals surface area contributed by atoms with Crippen molar-refractivity contribution in [1.29, 1.82) is 0 Å². The lowest BCUT2D eigenvalue weighted by Gasteiger charge is -2.64. The van der Waals surface area contributed by atoms with Gasteiger partial charge in [-0.25, -0.2) is 4.79 Å². The fourth-order valence-electron chi connectivity index (χ4n) is 7.00. The number of hydrogen-bond acceptors (Lipinski definition) is 4. The van der Waals surface area contributed by atoms with Crippen molar-refractivity contribution in [2.45, 2.75) is 62.5 Å². The van der Waals surface area contributed by atoms with Gasteiger partial charge in [0.15, 0.2) is 11.4 Å². The summed E-state index contributed by atoms with van der Waals surface area (Å²) in [6, 6.07) is 0. The van der Waals surface area contributed by atoms with E-state index in [0.717, 1.165) is 18.4 Å². The number of aliphatic carboxylic acids is 1. The predicted octanol–water partition coefficient (Wildman–Crippen LogP) is 2.84. The van der Waals surface area contributed by atoms with E-state index in [2.05, 4.69) is 22.9 Å². The second-order valence-electron chi connectivity index (χ2n) is 9.47. The van der Waals surface area contributed by atoms with Gasteiger partial charge >= 0.3 is 5.97 Å². The van der Waals surface area contributed by atoms with Gasteiger partial charge in [0.05, 0.1) is 10.4 Å².